The number of H-pyrrole nitrogens is 2. The molecule has 0 bridgehead atoms. The molecule has 328 valence electrons. The average molecular weight is 869 g/mol. The number of carbonyl (C=O) groups is 2. The van der Waals surface area contributed by atoms with Crippen LogP contribution in [0.15, 0.2) is 43.7 Å². The van der Waals surface area contributed by atoms with Crippen LogP contribution in [0.1, 0.15) is 54.0 Å². The Labute approximate surface area is 322 Å². The van der Waals surface area contributed by atoms with Gasteiger partial charge in [-0.25, -0.2) is 50.4 Å². The van der Waals surface area contributed by atoms with Gasteiger partial charge in [0, 0.05) is 24.5 Å². The van der Waals surface area contributed by atoms with Crippen molar-refractivity contribution < 1.29 is 89.0 Å². The standard InChI is InChI=1S/C20H29F2N2O14P.C10H12F2N2O5/c1-11(2)36-17(28)31-9-34-39(30,35-10-32-18(29)37-12(3)4)33-8-20(22)14(26)19(5,21)15(38-20)24-7-6-13(25)23-16(24)27;1-9(11)6(17)10(12,4-15)19-7(9)14-3-2-5(16)13-8(14)18/h6-7,11-12,14-15,26H,8-10H2,1-5H3,(H,23,25,27);2-3,6-7,15,17H,4H2,1H3,(H,13,16,18)/t14-,15+,19+,20+;6-,7+,9+,10+/m00/s1. The molecule has 0 unspecified atom stereocenters. The molecule has 4 heterocycles. The van der Waals surface area contributed by atoms with Gasteiger partial charge in [-0.05, 0) is 41.5 Å². The molecule has 0 amide bonds. The van der Waals surface area contributed by atoms with Crippen molar-refractivity contribution in [2.24, 2.45) is 0 Å². The lowest BCUT2D eigenvalue weighted by molar-refractivity contribution is -0.207. The number of hydrogen-bond acceptors (Lipinski definition) is 19. The molecule has 8 atom stereocenters. The quantitative estimate of drug-likeness (QED) is 0.0760. The number of alkyl halides is 4. The third-order valence-electron chi connectivity index (χ3n) is 7.75. The second-order valence-electron chi connectivity index (χ2n) is 13.1. The summed E-state index contributed by atoms with van der Waals surface area (Å²) in [5.41, 5.74) is -9.40. The summed E-state index contributed by atoms with van der Waals surface area (Å²) in [5, 5.41) is 28.7. The molecule has 23 nitrogen and oxygen atoms in total. The number of carbonyl (C=O) groups excluding carboxylic acids is 2. The summed E-state index contributed by atoms with van der Waals surface area (Å²) < 4.78 is 116. The summed E-state index contributed by atoms with van der Waals surface area (Å²) in [4.78, 5) is 72.5. The van der Waals surface area contributed by atoms with Crippen LogP contribution < -0.4 is 22.5 Å². The third-order valence-corrected chi connectivity index (χ3v) is 9.04. The van der Waals surface area contributed by atoms with Gasteiger partial charge in [-0.1, -0.05) is 0 Å². The van der Waals surface area contributed by atoms with Crippen LogP contribution in [0, 0.1) is 0 Å². The van der Waals surface area contributed by atoms with Crippen molar-refractivity contribution in [3.05, 3.63) is 66.2 Å². The van der Waals surface area contributed by atoms with Gasteiger partial charge in [0.25, 0.3) is 22.8 Å². The lowest BCUT2D eigenvalue weighted by Gasteiger charge is -2.26. The predicted octanol–water partition coefficient (Wildman–Crippen LogP) is 0.829. The lowest BCUT2D eigenvalue weighted by Crippen LogP contribution is -2.47. The topological polar surface area (TPSA) is 305 Å². The van der Waals surface area contributed by atoms with Gasteiger partial charge in [-0.2, -0.15) is 0 Å². The fourth-order valence-corrected chi connectivity index (χ4v) is 5.89. The van der Waals surface area contributed by atoms with E-state index in [0.29, 0.717) is 16.1 Å². The molecule has 2 aliphatic heterocycles. The van der Waals surface area contributed by atoms with Gasteiger partial charge in [-0.15, -0.1) is 0 Å². The summed E-state index contributed by atoms with van der Waals surface area (Å²) in [7, 11) is -5.01. The summed E-state index contributed by atoms with van der Waals surface area (Å²) in [6.07, 6.45) is -10.8. The maximum absolute atomic E-state index is 15.6. The molecule has 5 N–H and O–H groups in total. The second-order valence-corrected chi connectivity index (χ2v) is 14.8. The highest BCUT2D eigenvalue weighted by Crippen LogP contribution is 2.53. The predicted molar refractivity (Wildman–Crippen MR) is 180 cm³/mol. The van der Waals surface area contributed by atoms with Crippen LogP contribution in [0.5, 0.6) is 0 Å². The molecule has 58 heavy (non-hydrogen) atoms. The van der Waals surface area contributed by atoms with Gasteiger partial charge in [0.15, 0.2) is 36.0 Å². The highest BCUT2D eigenvalue weighted by Gasteiger charge is 2.66. The molecule has 2 aromatic heterocycles. The Kier molecular flexibility index (Phi) is 15.4. The van der Waals surface area contributed by atoms with Crippen molar-refractivity contribution in [2.75, 3.05) is 26.8 Å². The highest BCUT2D eigenvalue weighted by atomic mass is 31.2. The number of phosphoric ester groups is 1. The van der Waals surface area contributed by atoms with Crippen LogP contribution in [-0.2, 0) is 46.6 Å². The molecule has 4 rings (SSSR count). The molecule has 2 fully saturated rings. The van der Waals surface area contributed by atoms with E-state index in [4.69, 9.17) is 23.4 Å². The first-order chi connectivity index (χ1) is 26.7. The van der Waals surface area contributed by atoms with E-state index < -0.39 is 129 Å². The van der Waals surface area contributed by atoms with Crippen LogP contribution in [-0.4, -0.2) is 121 Å². The molecule has 0 aromatic carbocycles. The van der Waals surface area contributed by atoms with E-state index in [1.54, 1.807) is 0 Å². The van der Waals surface area contributed by atoms with E-state index in [-0.39, 0.29) is 0 Å². The Hall–Kier alpha value is -4.47. The highest BCUT2D eigenvalue weighted by molar-refractivity contribution is 7.48. The number of nitrogens with zero attached hydrogens (tertiary/aromatic N) is 2. The molecular weight excluding hydrogens is 827 g/mol. The van der Waals surface area contributed by atoms with Crippen LogP contribution in [0.25, 0.3) is 0 Å². The largest absolute Gasteiger partial charge is 0.510 e. The number of aliphatic hydroxyl groups excluding tert-OH is 3. The van der Waals surface area contributed by atoms with Crippen molar-refractivity contribution in [2.45, 2.75) is 101 Å². The Balaban J connectivity index is 0.000000393. The maximum atomic E-state index is 15.6. The number of aromatic amines is 2. The van der Waals surface area contributed by atoms with Gasteiger partial charge < -0.3 is 43.7 Å². The van der Waals surface area contributed by atoms with E-state index in [1.807, 2.05) is 9.97 Å². The minimum absolute atomic E-state index is 0.473. The van der Waals surface area contributed by atoms with Crippen molar-refractivity contribution in [1.29, 1.82) is 0 Å². The molecule has 28 heteroatoms. The minimum Gasteiger partial charge on any atom is -0.432 e. The van der Waals surface area contributed by atoms with Gasteiger partial charge in [-0.3, -0.25) is 33.2 Å². The van der Waals surface area contributed by atoms with Crippen LogP contribution in [0.3, 0.4) is 0 Å². The zero-order valence-corrected chi connectivity index (χ0v) is 32.2. The number of ether oxygens (including phenoxy) is 6. The molecule has 2 aliphatic rings. The van der Waals surface area contributed by atoms with Crippen molar-refractivity contribution >= 4 is 20.1 Å². The zero-order chi connectivity index (χ0) is 44.0. The van der Waals surface area contributed by atoms with Crippen molar-refractivity contribution in [1.82, 2.24) is 19.1 Å². The van der Waals surface area contributed by atoms with E-state index in [1.165, 1.54) is 27.7 Å². The van der Waals surface area contributed by atoms with Gasteiger partial charge in [0.2, 0.25) is 13.6 Å². The van der Waals surface area contributed by atoms with Crippen LogP contribution in [0.2, 0.25) is 0 Å². The van der Waals surface area contributed by atoms with Gasteiger partial charge in [0.05, 0.1) is 12.2 Å². The second kappa shape index (κ2) is 18.6. The monoisotopic (exact) mass is 868 g/mol. The van der Waals surface area contributed by atoms with E-state index in [0.717, 1.165) is 31.5 Å². The number of hydrogen-bond donors (Lipinski definition) is 5. The molecular formula is C30H41F4N4O19P. The van der Waals surface area contributed by atoms with Crippen LogP contribution >= 0.6 is 7.82 Å². The fourth-order valence-electron chi connectivity index (χ4n) is 4.97. The number of aromatic nitrogens is 4. The fraction of sp³-hybridized carbons (Fsp3) is 0.667. The lowest BCUT2D eigenvalue weighted by atomic mass is 9.97. The van der Waals surface area contributed by atoms with E-state index >= 15 is 8.78 Å². The first-order valence-corrected chi connectivity index (χ1v) is 18.1. The minimum atomic E-state index is -5.01. The maximum Gasteiger partial charge on any atom is 0.510 e. The molecule has 2 saturated heterocycles. The first-order valence-electron chi connectivity index (χ1n) is 16.6. The Morgan fingerprint density at radius 2 is 1.14 bits per heavy atom. The number of rotatable bonds is 14. The summed E-state index contributed by atoms with van der Waals surface area (Å²) >= 11 is 0. The SMILES string of the molecule is CC(C)OC(=O)OCOP(=O)(OCOC(=O)OC(C)C)OC[C@@]1(F)O[C@@H](n2ccc(=O)[nH]c2=O)[C@](C)(F)[C@@H]1O.C[C@]1(F)[C@H](n2ccc(=O)[nH]c2=O)O[C@](F)(CO)[C@H]1O. The molecule has 0 radical (unpaired) electrons. The average Bonchev–Trinajstić information content (AvgIpc) is 3.40. The smallest absolute Gasteiger partial charge is 0.432 e. The molecule has 0 saturated carbocycles. The first kappa shape index (κ1) is 47.9. The normalized spacial score (nSPS) is 29.5. The molecule has 0 spiro atoms. The Morgan fingerprint density at radius 1 is 0.759 bits per heavy atom. The van der Waals surface area contributed by atoms with Crippen molar-refractivity contribution in [3.8, 4) is 0 Å². The van der Waals surface area contributed by atoms with E-state index in [2.05, 4.69) is 23.7 Å². The molecule has 0 aliphatic carbocycles. The van der Waals surface area contributed by atoms with Gasteiger partial charge >= 0.3 is 31.5 Å². The van der Waals surface area contributed by atoms with E-state index in [9.17, 15) is 52.3 Å². The van der Waals surface area contributed by atoms with Gasteiger partial charge in [0.1, 0.15) is 13.2 Å². The third kappa shape index (κ3) is 11.4. The van der Waals surface area contributed by atoms with Crippen molar-refractivity contribution in [3.63, 3.8) is 0 Å². The van der Waals surface area contributed by atoms with Crippen LogP contribution in [0.4, 0.5) is 27.2 Å². The zero-order valence-electron chi connectivity index (χ0n) is 31.3. The number of phosphoric acid groups is 1. The summed E-state index contributed by atoms with van der Waals surface area (Å²) in [5.74, 6) is -6.50. The Bertz CT molecular complexity index is 2010. The Morgan fingerprint density at radius 3 is 1.48 bits per heavy atom. The number of nitrogens with one attached hydrogen (secondary N) is 2. The molecule has 2 aromatic rings. The number of aliphatic hydroxyl groups is 3. The number of halogens is 4. The summed E-state index contributed by atoms with van der Waals surface area (Å²) in [6, 6.07) is 1.75. The summed E-state index contributed by atoms with van der Waals surface area (Å²) in [6.45, 7) is 2.50.